The van der Waals surface area contributed by atoms with Crippen LogP contribution in [0.1, 0.15) is 50.5 Å². The SMILES string of the molecule is CCCCOc1ccc(CNC(=O)c2ccc(NC(=O)c3nnc(C)s3)cc2)cc1. The maximum Gasteiger partial charge on any atom is 0.286 e. The first-order chi connectivity index (χ1) is 14.5. The van der Waals surface area contributed by atoms with E-state index in [0.717, 1.165) is 29.2 Å². The van der Waals surface area contributed by atoms with Crippen molar-refractivity contribution in [2.75, 3.05) is 11.9 Å². The summed E-state index contributed by atoms with van der Waals surface area (Å²) in [6, 6.07) is 14.4. The van der Waals surface area contributed by atoms with Gasteiger partial charge in [0.1, 0.15) is 10.8 Å². The highest BCUT2D eigenvalue weighted by Gasteiger charge is 2.12. The summed E-state index contributed by atoms with van der Waals surface area (Å²) in [6.45, 7) is 5.05. The van der Waals surface area contributed by atoms with Gasteiger partial charge in [0.2, 0.25) is 5.01 Å². The van der Waals surface area contributed by atoms with Gasteiger partial charge in [0, 0.05) is 17.8 Å². The monoisotopic (exact) mass is 424 g/mol. The molecule has 0 saturated heterocycles. The Bertz CT molecular complexity index is 984. The number of carbonyl (C=O) groups excluding carboxylic acids is 2. The van der Waals surface area contributed by atoms with Crippen LogP contribution in [-0.2, 0) is 6.54 Å². The number of anilines is 1. The molecule has 1 heterocycles. The Morgan fingerprint density at radius 1 is 1.00 bits per heavy atom. The summed E-state index contributed by atoms with van der Waals surface area (Å²) in [5.41, 5.74) is 2.09. The molecule has 2 amide bonds. The van der Waals surface area contributed by atoms with Crippen molar-refractivity contribution >= 4 is 28.8 Å². The number of hydrogen-bond acceptors (Lipinski definition) is 6. The van der Waals surface area contributed by atoms with Gasteiger partial charge < -0.3 is 15.4 Å². The summed E-state index contributed by atoms with van der Waals surface area (Å²) >= 11 is 1.23. The molecule has 0 aliphatic carbocycles. The van der Waals surface area contributed by atoms with Crippen LogP contribution < -0.4 is 15.4 Å². The van der Waals surface area contributed by atoms with E-state index in [1.807, 2.05) is 24.3 Å². The van der Waals surface area contributed by atoms with E-state index in [4.69, 9.17) is 4.74 Å². The van der Waals surface area contributed by atoms with Gasteiger partial charge in [0.15, 0.2) is 0 Å². The molecule has 2 aromatic carbocycles. The lowest BCUT2D eigenvalue weighted by Crippen LogP contribution is -2.22. The number of unbranched alkanes of at least 4 members (excludes halogenated alkanes) is 1. The van der Waals surface area contributed by atoms with E-state index in [2.05, 4.69) is 27.8 Å². The quantitative estimate of drug-likeness (QED) is 0.502. The summed E-state index contributed by atoms with van der Waals surface area (Å²) in [7, 11) is 0. The molecule has 0 aliphatic heterocycles. The zero-order valence-corrected chi connectivity index (χ0v) is 17.8. The lowest BCUT2D eigenvalue weighted by Gasteiger charge is -2.09. The van der Waals surface area contributed by atoms with Crippen LogP contribution in [0.15, 0.2) is 48.5 Å². The average Bonchev–Trinajstić information content (AvgIpc) is 3.20. The summed E-state index contributed by atoms with van der Waals surface area (Å²) in [5, 5.41) is 14.3. The molecule has 3 rings (SSSR count). The Labute approximate surface area is 179 Å². The molecule has 0 aliphatic rings. The van der Waals surface area contributed by atoms with Crippen LogP contribution in [0, 0.1) is 6.92 Å². The Morgan fingerprint density at radius 3 is 2.37 bits per heavy atom. The molecular formula is C22H24N4O3S. The molecule has 2 N–H and O–H groups in total. The molecule has 156 valence electrons. The summed E-state index contributed by atoms with van der Waals surface area (Å²) in [5.74, 6) is 0.329. The molecule has 0 bridgehead atoms. The van der Waals surface area contributed by atoms with E-state index in [0.29, 0.717) is 29.4 Å². The molecule has 0 radical (unpaired) electrons. The van der Waals surface area contributed by atoms with Crippen molar-refractivity contribution in [2.24, 2.45) is 0 Å². The maximum atomic E-state index is 12.4. The number of nitrogens with one attached hydrogen (secondary N) is 2. The van der Waals surface area contributed by atoms with Crippen LogP contribution in [0.4, 0.5) is 5.69 Å². The molecule has 0 atom stereocenters. The van der Waals surface area contributed by atoms with Crippen molar-refractivity contribution in [2.45, 2.75) is 33.2 Å². The number of rotatable bonds is 9. The van der Waals surface area contributed by atoms with Gasteiger partial charge >= 0.3 is 0 Å². The van der Waals surface area contributed by atoms with Gasteiger partial charge in [-0.25, -0.2) is 0 Å². The number of carbonyl (C=O) groups is 2. The Balaban J connectivity index is 1.49. The smallest absolute Gasteiger partial charge is 0.286 e. The topological polar surface area (TPSA) is 93.2 Å². The predicted octanol–water partition coefficient (Wildman–Crippen LogP) is 4.21. The molecule has 0 unspecified atom stereocenters. The summed E-state index contributed by atoms with van der Waals surface area (Å²) < 4.78 is 5.64. The van der Waals surface area contributed by atoms with Gasteiger partial charge in [-0.05, 0) is 55.3 Å². The third-order valence-electron chi connectivity index (χ3n) is 4.27. The van der Waals surface area contributed by atoms with Crippen molar-refractivity contribution in [1.29, 1.82) is 0 Å². The standard InChI is InChI=1S/C22H24N4O3S/c1-3-4-13-29-19-11-5-16(6-12-19)14-23-20(27)17-7-9-18(10-8-17)24-21(28)22-26-25-15(2)30-22/h5-12H,3-4,13-14H2,1-2H3,(H,23,27)(H,24,28). The minimum atomic E-state index is -0.320. The van der Waals surface area contributed by atoms with E-state index in [9.17, 15) is 9.59 Å². The lowest BCUT2D eigenvalue weighted by molar-refractivity contribution is 0.0950. The van der Waals surface area contributed by atoms with Crippen LogP contribution in [0.25, 0.3) is 0 Å². The number of benzene rings is 2. The third kappa shape index (κ3) is 6.12. The first-order valence-electron chi connectivity index (χ1n) is 9.76. The molecule has 30 heavy (non-hydrogen) atoms. The van der Waals surface area contributed by atoms with Gasteiger partial charge in [-0.2, -0.15) is 0 Å². The Morgan fingerprint density at radius 2 is 1.73 bits per heavy atom. The molecule has 0 fully saturated rings. The fraction of sp³-hybridized carbons (Fsp3) is 0.273. The second-order valence-corrected chi connectivity index (χ2v) is 7.87. The van der Waals surface area contributed by atoms with Gasteiger partial charge in [0.25, 0.3) is 11.8 Å². The minimum absolute atomic E-state index is 0.184. The first-order valence-corrected chi connectivity index (χ1v) is 10.6. The first kappa shape index (κ1) is 21.4. The van der Waals surface area contributed by atoms with Gasteiger partial charge in [-0.3, -0.25) is 9.59 Å². The molecule has 1 aromatic heterocycles. The van der Waals surface area contributed by atoms with Crippen LogP contribution in [-0.4, -0.2) is 28.6 Å². The fourth-order valence-electron chi connectivity index (χ4n) is 2.60. The van der Waals surface area contributed by atoms with E-state index < -0.39 is 0 Å². The maximum absolute atomic E-state index is 12.4. The second kappa shape index (κ2) is 10.5. The van der Waals surface area contributed by atoms with Gasteiger partial charge in [0.05, 0.1) is 6.61 Å². The number of hydrogen-bond donors (Lipinski definition) is 2. The molecule has 8 heteroatoms. The molecule has 0 saturated carbocycles. The van der Waals surface area contributed by atoms with Crippen molar-refractivity contribution < 1.29 is 14.3 Å². The van der Waals surface area contributed by atoms with Crippen LogP contribution >= 0.6 is 11.3 Å². The zero-order valence-electron chi connectivity index (χ0n) is 17.0. The summed E-state index contributed by atoms with van der Waals surface area (Å²) in [4.78, 5) is 24.5. The zero-order chi connectivity index (χ0) is 21.3. The predicted molar refractivity (Wildman–Crippen MR) is 117 cm³/mol. The van der Waals surface area contributed by atoms with E-state index in [1.165, 1.54) is 11.3 Å². The number of ether oxygens (including phenoxy) is 1. The number of aryl methyl sites for hydroxylation is 1. The van der Waals surface area contributed by atoms with Crippen molar-refractivity contribution in [1.82, 2.24) is 15.5 Å². The highest BCUT2D eigenvalue weighted by atomic mass is 32.1. The number of nitrogens with zero attached hydrogens (tertiary/aromatic N) is 2. The van der Waals surface area contributed by atoms with Crippen LogP contribution in [0.2, 0.25) is 0 Å². The average molecular weight is 425 g/mol. The number of amides is 2. The fourth-order valence-corrected chi connectivity index (χ4v) is 3.19. The minimum Gasteiger partial charge on any atom is -0.494 e. The highest BCUT2D eigenvalue weighted by Crippen LogP contribution is 2.15. The van der Waals surface area contributed by atoms with Gasteiger partial charge in [-0.15, -0.1) is 10.2 Å². The second-order valence-electron chi connectivity index (χ2n) is 6.69. The molecule has 3 aromatic rings. The van der Waals surface area contributed by atoms with E-state index in [1.54, 1.807) is 31.2 Å². The van der Waals surface area contributed by atoms with Crippen LogP contribution in [0.5, 0.6) is 5.75 Å². The molecular weight excluding hydrogens is 400 g/mol. The van der Waals surface area contributed by atoms with Crippen LogP contribution in [0.3, 0.4) is 0 Å². The largest absolute Gasteiger partial charge is 0.494 e. The van der Waals surface area contributed by atoms with Crippen molar-refractivity contribution in [3.63, 3.8) is 0 Å². The molecule has 7 nitrogen and oxygen atoms in total. The Kier molecular flexibility index (Phi) is 7.51. The van der Waals surface area contributed by atoms with Gasteiger partial charge in [-0.1, -0.05) is 36.8 Å². The Hall–Kier alpha value is -3.26. The summed E-state index contributed by atoms with van der Waals surface area (Å²) in [6.07, 6.45) is 2.13. The number of aromatic nitrogens is 2. The van der Waals surface area contributed by atoms with E-state index >= 15 is 0 Å². The van der Waals surface area contributed by atoms with Crippen molar-refractivity contribution in [3.8, 4) is 5.75 Å². The third-order valence-corrected chi connectivity index (χ3v) is 5.11. The van der Waals surface area contributed by atoms with E-state index in [-0.39, 0.29) is 11.8 Å². The highest BCUT2D eigenvalue weighted by molar-refractivity contribution is 7.13. The van der Waals surface area contributed by atoms with Crippen molar-refractivity contribution in [3.05, 3.63) is 69.7 Å². The lowest BCUT2D eigenvalue weighted by atomic mass is 10.1. The molecule has 0 spiro atoms. The normalized spacial score (nSPS) is 10.5.